The number of nitrogens with zero attached hydrogens (tertiary/aromatic N) is 7. The number of fused-ring (bicyclic) bond motifs is 3. The highest BCUT2D eigenvalue weighted by Gasteiger charge is 2.64. The van der Waals surface area contributed by atoms with E-state index in [1.165, 1.54) is 12.0 Å². The number of anilines is 2. The van der Waals surface area contributed by atoms with Crippen molar-refractivity contribution in [1.29, 1.82) is 0 Å². The number of aromatic nitrogens is 4. The molecule has 4 aliphatic heterocycles. The Morgan fingerprint density at radius 1 is 1.03 bits per heavy atom. The molecule has 9 nitrogen and oxygen atoms in total. The first-order valence-electron chi connectivity index (χ1n) is 12.4. The van der Waals surface area contributed by atoms with Crippen LogP contribution in [0.4, 0.5) is 29.3 Å². The fourth-order valence-electron chi connectivity index (χ4n) is 6.09. The fourth-order valence-corrected chi connectivity index (χ4v) is 6.28. The van der Waals surface area contributed by atoms with Crippen molar-refractivity contribution in [3.05, 3.63) is 52.7 Å². The summed E-state index contributed by atoms with van der Waals surface area (Å²) in [5, 5.41) is 9.21. The Morgan fingerprint density at radius 3 is 2.44 bits per heavy atom. The molecular formula is C25H24ClF4N7O2. The highest BCUT2D eigenvalue weighted by molar-refractivity contribution is 6.30. The lowest BCUT2D eigenvalue weighted by molar-refractivity contribution is -0.310. The molecule has 14 heteroatoms. The van der Waals surface area contributed by atoms with Crippen LogP contribution in [0.25, 0.3) is 5.69 Å². The minimum absolute atomic E-state index is 0.0128. The van der Waals surface area contributed by atoms with E-state index in [2.05, 4.69) is 25.0 Å². The van der Waals surface area contributed by atoms with Crippen molar-refractivity contribution in [1.82, 2.24) is 24.6 Å². The molecule has 0 bridgehead atoms. The van der Waals surface area contributed by atoms with Gasteiger partial charge >= 0.3 is 6.18 Å². The van der Waals surface area contributed by atoms with E-state index in [0.29, 0.717) is 47.0 Å². The van der Waals surface area contributed by atoms with E-state index in [1.807, 2.05) is 10.6 Å². The lowest BCUT2D eigenvalue weighted by atomic mass is 9.73. The second-order valence-electron chi connectivity index (χ2n) is 10.8. The van der Waals surface area contributed by atoms with E-state index in [0.717, 1.165) is 19.3 Å². The summed E-state index contributed by atoms with van der Waals surface area (Å²) >= 11 is 6.27. The maximum absolute atomic E-state index is 14.2. The molecule has 4 aliphatic rings. The molecule has 2 aromatic heterocycles. The summed E-state index contributed by atoms with van der Waals surface area (Å²) < 4.78 is 68.4. The number of alkyl halides is 3. The maximum atomic E-state index is 14.2. The second kappa shape index (κ2) is 8.42. The Kier molecular flexibility index (Phi) is 5.36. The Labute approximate surface area is 225 Å². The third-order valence-corrected chi connectivity index (χ3v) is 8.48. The first kappa shape index (κ1) is 24.9. The van der Waals surface area contributed by atoms with E-state index in [-0.39, 0.29) is 24.3 Å². The van der Waals surface area contributed by atoms with Gasteiger partial charge in [0.25, 0.3) is 0 Å². The molecule has 0 radical (unpaired) electrons. The molecule has 0 atom stereocenters. The number of pyridine rings is 1. The van der Waals surface area contributed by atoms with E-state index < -0.39 is 30.7 Å². The lowest BCUT2D eigenvalue weighted by Crippen LogP contribution is -2.73. The third-order valence-electron chi connectivity index (χ3n) is 8.24. The minimum Gasteiger partial charge on any atom is -0.493 e. The Balaban J connectivity index is 1.15. The van der Waals surface area contributed by atoms with Gasteiger partial charge in [0.2, 0.25) is 5.95 Å². The van der Waals surface area contributed by atoms with Gasteiger partial charge in [-0.15, -0.1) is 10.2 Å². The van der Waals surface area contributed by atoms with Crippen molar-refractivity contribution < 1.29 is 27.0 Å². The van der Waals surface area contributed by atoms with Gasteiger partial charge in [-0.1, -0.05) is 11.6 Å². The SMILES string of the molecule is COc1cc(N2CC3(C2)CN(c2nnc4n2-c2ccc(Cl)cc2CN(C2(C(F)(F)F)COC2)C4)C3)ncc1F. The van der Waals surface area contributed by atoms with Crippen LogP contribution < -0.4 is 14.5 Å². The van der Waals surface area contributed by atoms with Crippen molar-refractivity contribution in [2.24, 2.45) is 5.41 Å². The molecule has 206 valence electrons. The van der Waals surface area contributed by atoms with Crippen LogP contribution in [0.5, 0.6) is 5.75 Å². The van der Waals surface area contributed by atoms with E-state index >= 15 is 0 Å². The van der Waals surface area contributed by atoms with Crippen molar-refractivity contribution in [2.45, 2.75) is 24.8 Å². The number of hydrogen-bond donors (Lipinski definition) is 0. The zero-order valence-corrected chi connectivity index (χ0v) is 21.6. The van der Waals surface area contributed by atoms with Crippen LogP contribution >= 0.6 is 11.6 Å². The zero-order valence-electron chi connectivity index (χ0n) is 20.9. The smallest absolute Gasteiger partial charge is 0.411 e. The summed E-state index contributed by atoms with van der Waals surface area (Å²) in [4.78, 5) is 9.72. The molecule has 7 rings (SSSR count). The van der Waals surface area contributed by atoms with Crippen LogP contribution in [0.3, 0.4) is 0 Å². The van der Waals surface area contributed by atoms with Crippen LogP contribution in [0.2, 0.25) is 5.02 Å². The molecule has 0 N–H and O–H groups in total. The van der Waals surface area contributed by atoms with E-state index in [4.69, 9.17) is 21.1 Å². The molecule has 1 aromatic carbocycles. The molecule has 0 unspecified atom stereocenters. The normalized spacial score (nSPS) is 21.4. The van der Waals surface area contributed by atoms with Gasteiger partial charge in [-0.2, -0.15) is 13.2 Å². The molecule has 3 aromatic rings. The number of ether oxygens (including phenoxy) is 2. The molecule has 0 aliphatic carbocycles. The number of benzene rings is 1. The van der Waals surface area contributed by atoms with Crippen LogP contribution in [-0.4, -0.2) is 82.9 Å². The highest BCUT2D eigenvalue weighted by atomic mass is 35.5. The first-order valence-corrected chi connectivity index (χ1v) is 12.8. The van der Waals surface area contributed by atoms with E-state index in [9.17, 15) is 17.6 Å². The van der Waals surface area contributed by atoms with Gasteiger partial charge < -0.3 is 19.3 Å². The van der Waals surface area contributed by atoms with Gasteiger partial charge in [0.1, 0.15) is 5.82 Å². The van der Waals surface area contributed by atoms with Crippen molar-refractivity contribution in [3.8, 4) is 11.4 Å². The quantitative estimate of drug-likeness (QED) is 0.446. The number of halogens is 5. The Hall–Kier alpha value is -3.16. The molecule has 1 spiro atoms. The van der Waals surface area contributed by atoms with E-state index in [1.54, 1.807) is 18.2 Å². The zero-order chi connectivity index (χ0) is 27.2. The predicted octanol–water partition coefficient (Wildman–Crippen LogP) is 3.44. The summed E-state index contributed by atoms with van der Waals surface area (Å²) in [6, 6.07) is 6.83. The van der Waals surface area contributed by atoms with Crippen molar-refractivity contribution in [2.75, 3.05) is 56.3 Å². The standard InChI is InChI=1S/C25H24ClF4N7O2/c1-38-19-5-20(31-6-17(19)27)34-9-23(10-34)11-35(12-23)22-33-32-21-8-36(24(13-39-14-24)25(28,29)30)7-15-4-16(26)2-3-18(15)37(21)22/h2-6H,7-14H2,1H3. The van der Waals surface area contributed by atoms with Gasteiger partial charge in [0.15, 0.2) is 22.9 Å². The summed E-state index contributed by atoms with van der Waals surface area (Å²) in [7, 11) is 1.42. The average Bonchev–Trinajstić information content (AvgIpc) is 3.12. The second-order valence-corrected chi connectivity index (χ2v) is 11.2. The molecule has 0 saturated carbocycles. The van der Waals surface area contributed by atoms with Gasteiger partial charge in [0.05, 0.1) is 38.8 Å². The average molecular weight is 566 g/mol. The summed E-state index contributed by atoms with van der Waals surface area (Å²) in [6.45, 7) is 2.04. The van der Waals surface area contributed by atoms with Crippen LogP contribution in [0.15, 0.2) is 30.5 Å². The van der Waals surface area contributed by atoms with Crippen LogP contribution in [0.1, 0.15) is 11.4 Å². The first-order chi connectivity index (χ1) is 18.6. The van der Waals surface area contributed by atoms with Gasteiger partial charge in [0, 0.05) is 49.2 Å². The van der Waals surface area contributed by atoms with Crippen molar-refractivity contribution in [3.63, 3.8) is 0 Å². The monoisotopic (exact) mass is 565 g/mol. The maximum Gasteiger partial charge on any atom is 0.411 e. The molecule has 3 fully saturated rings. The van der Waals surface area contributed by atoms with Gasteiger partial charge in [-0.05, 0) is 23.8 Å². The summed E-state index contributed by atoms with van der Waals surface area (Å²) in [6.07, 6.45) is -3.31. The number of methoxy groups -OCH3 is 1. The van der Waals surface area contributed by atoms with Crippen LogP contribution in [-0.2, 0) is 17.8 Å². The highest BCUT2D eigenvalue weighted by Crippen LogP contribution is 2.47. The molecule has 39 heavy (non-hydrogen) atoms. The molecule has 0 amide bonds. The van der Waals surface area contributed by atoms with Gasteiger partial charge in [-0.3, -0.25) is 9.47 Å². The molecule has 3 saturated heterocycles. The molecule has 6 heterocycles. The third kappa shape index (κ3) is 3.70. The molecular weight excluding hydrogens is 542 g/mol. The van der Waals surface area contributed by atoms with Crippen LogP contribution in [0, 0.1) is 11.2 Å². The topological polar surface area (TPSA) is 71.8 Å². The Bertz CT molecular complexity index is 1450. The number of hydrogen-bond acceptors (Lipinski definition) is 8. The number of rotatable bonds is 4. The Morgan fingerprint density at radius 2 is 1.77 bits per heavy atom. The van der Waals surface area contributed by atoms with Gasteiger partial charge in [-0.25, -0.2) is 9.37 Å². The minimum atomic E-state index is -4.47. The predicted molar refractivity (Wildman–Crippen MR) is 133 cm³/mol. The fraction of sp³-hybridized carbons (Fsp3) is 0.480. The summed E-state index contributed by atoms with van der Waals surface area (Å²) in [5.74, 6) is 1.31. The van der Waals surface area contributed by atoms with Crippen molar-refractivity contribution >= 4 is 23.4 Å². The lowest BCUT2D eigenvalue weighted by Gasteiger charge is -2.60. The largest absolute Gasteiger partial charge is 0.493 e. The summed E-state index contributed by atoms with van der Waals surface area (Å²) in [5.41, 5.74) is -0.687.